The van der Waals surface area contributed by atoms with Crippen molar-refractivity contribution in [2.24, 2.45) is 0 Å². The summed E-state index contributed by atoms with van der Waals surface area (Å²) < 4.78 is 0. The molecule has 0 bridgehead atoms. The first-order valence-electron chi connectivity index (χ1n) is 6.05. The van der Waals surface area contributed by atoms with E-state index in [2.05, 4.69) is 32.8 Å². The Balaban J connectivity index is 1.69. The highest BCUT2D eigenvalue weighted by Crippen LogP contribution is 2.22. The van der Waals surface area contributed by atoms with E-state index >= 15 is 0 Å². The lowest BCUT2D eigenvalue weighted by Gasteiger charge is -2.02. The number of pyridine rings is 1. The van der Waals surface area contributed by atoms with E-state index in [4.69, 9.17) is 0 Å². The van der Waals surface area contributed by atoms with E-state index in [1.54, 1.807) is 17.5 Å². The molecule has 0 saturated heterocycles. The Labute approximate surface area is 116 Å². The Morgan fingerprint density at radius 3 is 2.74 bits per heavy atom. The maximum atomic E-state index is 4.63. The molecule has 0 fully saturated rings. The highest BCUT2D eigenvalue weighted by Gasteiger charge is 2.03. The summed E-state index contributed by atoms with van der Waals surface area (Å²) in [5.74, 6) is 0. The Morgan fingerprint density at radius 1 is 1.05 bits per heavy atom. The second-order valence-corrected chi connectivity index (χ2v) is 5.03. The zero-order valence-corrected chi connectivity index (χ0v) is 11.1. The molecule has 19 heavy (non-hydrogen) atoms. The molecule has 0 aliphatic heterocycles. The number of thiazole rings is 1. The molecule has 0 radical (unpaired) electrons. The van der Waals surface area contributed by atoms with Gasteiger partial charge in [-0.1, -0.05) is 30.3 Å². The topological polar surface area (TPSA) is 37.8 Å². The monoisotopic (exact) mass is 267 g/mol. The fourth-order valence-electron chi connectivity index (χ4n) is 1.78. The molecular weight excluding hydrogens is 254 g/mol. The Morgan fingerprint density at radius 2 is 1.95 bits per heavy atom. The van der Waals surface area contributed by atoms with E-state index < -0.39 is 0 Å². The van der Waals surface area contributed by atoms with Crippen LogP contribution in [0.25, 0.3) is 11.3 Å². The van der Waals surface area contributed by atoms with Gasteiger partial charge in [-0.15, -0.1) is 11.3 Å². The average molecular weight is 267 g/mol. The molecule has 2 aromatic heterocycles. The number of nitrogens with one attached hydrogen (secondary N) is 1. The van der Waals surface area contributed by atoms with Crippen LogP contribution in [-0.4, -0.2) is 9.97 Å². The molecule has 1 N–H and O–H groups in total. The molecule has 94 valence electrons. The van der Waals surface area contributed by atoms with Gasteiger partial charge in [-0.25, -0.2) is 4.98 Å². The summed E-state index contributed by atoms with van der Waals surface area (Å²) in [6.07, 6.45) is 3.58. The Kier molecular flexibility index (Phi) is 3.51. The summed E-state index contributed by atoms with van der Waals surface area (Å²) >= 11 is 1.67. The molecule has 0 unspecified atom stereocenters. The lowest BCUT2D eigenvalue weighted by Crippen LogP contribution is -1.98. The smallest absolute Gasteiger partial charge is 0.112 e. The summed E-state index contributed by atoms with van der Waals surface area (Å²) in [5, 5.41) is 6.48. The molecule has 0 aliphatic carbocycles. The molecule has 0 saturated carbocycles. The van der Waals surface area contributed by atoms with E-state index in [-0.39, 0.29) is 0 Å². The zero-order valence-electron chi connectivity index (χ0n) is 10.3. The molecule has 0 aliphatic rings. The molecule has 2 heterocycles. The summed E-state index contributed by atoms with van der Waals surface area (Å²) in [5.41, 5.74) is 3.21. The van der Waals surface area contributed by atoms with E-state index in [0.29, 0.717) is 0 Å². The minimum absolute atomic E-state index is 0.725. The van der Waals surface area contributed by atoms with Gasteiger partial charge in [0.15, 0.2) is 0 Å². The van der Waals surface area contributed by atoms with Crippen LogP contribution in [-0.2, 0) is 6.54 Å². The van der Waals surface area contributed by atoms with Crippen LogP contribution in [0.1, 0.15) is 5.01 Å². The minimum Gasteiger partial charge on any atom is -0.377 e. The van der Waals surface area contributed by atoms with Crippen LogP contribution in [0.15, 0.2) is 60.2 Å². The molecule has 0 amide bonds. The molecule has 1 aromatic carbocycles. The normalized spacial score (nSPS) is 10.3. The molecule has 3 aromatic rings. The highest BCUT2D eigenvalue weighted by atomic mass is 32.1. The predicted molar refractivity (Wildman–Crippen MR) is 79.1 cm³/mol. The summed E-state index contributed by atoms with van der Waals surface area (Å²) in [6.45, 7) is 0.725. The molecule has 0 spiro atoms. The van der Waals surface area contributed by atoms with Crippen molar-refractivity contribution in [3.63, 3.8) is 0 Å². The van der Waals surface area contributed by atoms with Crippen LogP contribution in [0, 0.1) is 0 Å². The van der Waals surface area contributed by atoms with Crippen molar-refractivity contribution < 1.29 is 0 Å². The second kappa shape index (κ2) is 5.63. The third kappa shape index (κ3) is 2.98. The first kappa shape index (κ1) is 11.9. The maximum Gasteiger partial charge on any atom is 0.112 e. The quantitative estimate of drug-likeness (QED) is 0.781. The van der Waals surface area contributed by atoms with Crippen molar-refractivity contribution in [2.75, 3.05) is 5.32 Å². The second-order valence-electron chi connectivity index (χ2n) is 4.09. The van der Waals surface area contributed by atoms with Crippen LogP contribution in [0.2, 0.25) is 0 Å². The Bertz CT molecular complexity index is 635. The molecular formula is C15H13N3S. The van der Waals surface area contributed by atoms with Gasteiger partial charge >= 0.3 is 0 Å². The number of benzene rings is 1. The third-order valence-electron chi connectivity index (χ3n) is 2.73. The van der Waals surface area contributed by atoms with Gasteiger partial charge in [-0.05, 0) is 12.1 Å². The lowest BCUT2D eigenvalue weighted by molar-refractivity contribution is 1.10. The van der Waals surface area contributed by atoms with Crippen molar-refractivity contribution in [1.82, 2.24) is 9.97 Å². The van der Waals surface area contributed by atoms with Gasteiger partial charge in [0.05, 0.1) is 17.9 Å². The molecule has 3 rings (SSSR count). The Hall–Kier alpha value is -2.20. The van der Waals surface area contributed by atoms with E-state index in [9.17, 15) is 0 Å². The third-order valence-corrected chi connectivity index (χ3v) is 3.58. The number of aromatic nitrogens is 2. The lowest BCUT2D eigenvalue weighted by atomic mass is 10.2. The van der Waals surface area contributed by atoms with Gasteiger partial charge in [-0.2, -0.15) is 0 Å². The van der Waals surface area contributed by atoms with Crippen molar-refractivity contribution in [1.29, 1.82) is 0 Å². The van der Waals surface area contributed by atoms with Crippen LogP contribution < -0.4 is 5.32 Å². The highest BCUT2D eigenvalue weighted by molar-refractivity contribution is 7.09. The number of nitrogens with zero attached hydrogens (tertiary/aromatic N) is 2. The first-order chi connectivity index (χ1) is 9.42. The van der Waals surface area contributed by atoms with Gasteiger partial charge in [0.25, 0.3) is 0 Å². The standard InChI is InChI=1S/C15H13N3S/c1-2-5-12(6-3-1)14-11-19-15(18-14)10-17-13-7-4-8-16-9-13/h1-9,11,17H,10H2. The van der Waals surface area contributed by atoms with E-state index in [0.717, 1.165) is 28.5 Å². The van der Waals surface area contributed by atoms with Crippen LogP contribution in [0.5, 0.6) is 0 Å². The summed E-state index contributed by atoms with van der Waals surface area (Å²) in [6, 6.07) is 14.1. The molecule has 3 nitrogen and oxygen atoms in total. The number of hydrogen-bond donors (Lipinski definition) is 1. The summed E-state index contributed by atoms with van der Waals surface area (Å²) in [7, 11) is 0. The van der Waals surface area contributed by atoms with Crippen LogP contribution in [0.4, 0.5) is 5.69 Å². The van der Waals surface area contributed by atoms with Gasteiger partial charge in [0.1, 0.15) is 5.01 Å². The largest absolute Gasteiger partial charge is 0.377 e. The van der Waals surface area contributed by atoms with Gasteiger partial charge in [0.2, 0.25) is 0 Å². The zero-order chi connectivity index (χ0) is 12.9. The fourth-order valence-corrected chi connectivity index (χ4v) is 2.52. The minimum atomic E-state index is 0.725. The SMILES string of the molecule is c1ccc(-c2csc(CNc3cccnc3)n2)cc1. The maximum absolute atomic E-state index is 4.63. The van der Waals surface area contributed by atoms with Crippen molar-refractivity contribution in [2.45, 2.75) is 6.54 Å². The van der Waals surface area contributed by atoms with Crippen LogP contribution in [0.3, 0.4) is 0 Å². The number of anilines is 1. The average Bonchev–Trinajstić information content (AvgIpc) is 2.96. The van der Waals surface area contributed by atoms with Crippen molar-refractivity contribution >= 4 is 17.0 Å². The van der Waals surface area contributed by atoms with E-state index in [1.165, 1.54) is 0 Å². The predicted octanol–water partition coefficient (Wildman–Crippen LogP) is 3.82. The van der Waals surface area contributed by atoms with Crippen LogP contribution >= 0.6 is 11.3 Å². The van der Waals surface area contributed by atoms with E-state index in [1.807, 2.05) is 36.5 Å². The fraction of sp³-hybridized carbons (Fsp3) is 0.0667. The van der Waals surface area contributed by atoms with Gasteiger partial charge < -0.3 is 5.32 Å². The molecule has 0 atom stereocenters. The summed E-state index contributed by atoms with van der Waals surface area (Å²) in [4.78, 5) is 8.70. The number of hydrogen-bond acceptors (Lipinski definition) is 4. The number of rotatable bonds is 4. The van der Waals surface area contributed by atoms with Gasteiger partial charge in [-0.3, -0.25) is 4.98 Å². The van der Waals surface area contributed by atoms with Crippen molar-refractivity contribution in [3.8, 4) is 11.3 Å². The molecule has 4 heteroatoms. The van der Waals surface area contributed by atoms with Gasteiger partial charge in [0, 0.05) is 23.3 Å². The van der Waals surface area contributed by atoms with Crippen molar-refractivity contribution in [3.05, 3.63) is 65.2 Å². The first-order valence-corrected chi connectivity index (χ1v) is 6.93.